The van der Waals surface area contributed by atoms with Crippen molar-refractivity contribution in [3.05, 3.63) is 108 Å². The predicted molar refractivity (Wildman–Crippen MR) is 138 cm³/mol. The van der Waals surface area contributed by atoms with Crippen molar-refractivity contribution in [2.24, 2.45) is 0 Å². The highest BCUT2D eigenvalue weighted by molar-refractivity contribution is 6.06. The van der Waals surface area contributed by atoms with Crippen LogP contribution in [0.2, 0.25) is 0 Å². The standard InChI is InChI=1S/C31H23NO/c1-20-7-6-8-23(17-20)32-28-11-4-2-9-24(28)25-15-13-22(19-29(25)32)21-14-16-31-27(18-21)26-10-3-5-12-30(26)33-31/h2-3,5-10,12-19H,4,11H2,1H3. The Bertz CT molecular complexity index is 1730. The molecule has 0 unspecified atom stereocenters. The lowest BCUT2D eigenvalue weighted by atomic mass is 9.99. The molecule has 2 aromatic heterocycles. The zero-order chi connectivity index (χ0) is 21.9. The maximum Gasteiger partial charge on any atom is 0.135 e. The molecule has 0 atom stereocenters. The monoisotopic (exact) mass is 425 g/mol. The Labute approximate surface area is 192 Å². The summed E-state index contributed by atoms with van der Waals surface area (Å²) in [6, 6.07) is 30.5. The minimum Gasteiger partial charge on any atom is -0.456 e. The molecule has 0 N–H and O–H groups in total. The van der Waals surface area contributed by atoms with Crippen molar-refractivity contribution in [1.82, 2.24) is 4.57 Å². The lowest BCUT2D eigenvalue weighted by molar-refractivity contribution is 0.669. The smallest absolute Gasteiger partial charge is 0.135 e. The summed E-state index contributed by atoms with van der Waals surface area (Å²) in [5.74, 6) is 0. The van der Waals surface area contributed by atoms with E-state index in [0.29, 0.717) is 0 Å². The van der Waals surface area contributed by atoms with Gasteiger partial charge in [-0.2, -0.15) is 0 Å². The van der Waals surface area contributed by atoms with E-state index in [1.54, 1.807) is 0 Å². The summed E-state index contributed by atoms with van der Waals surface area (Å²) < 4.78 is 8.51. The molecule has 0 saturated carbocycles. The summed E-state index contributed by atoms with van der Waals surface area (Å²) in [4.78, 5) is 0. The highest BCUT2D eigenvalue weighted by Crippen LogP contribution is 2.38. The van der Waals surface area contributed by atoms with Gasteiger partial charge >= 0.3 is 0 Å². The van der Waals surface area contributed by atoms with Gasteiger partial charge in [-0.25, -0.2) is 0 Å². The number of furan rings is 1. The van der Waals surface area contributed by atoms with Gasteiger partial charge in [0.1, 0.15) is 11.2 Å². The summed E-state index contributed by atoms with van der Waals surface area (Å²) in [6.45, 7) is 2.16. The number of aryl methyl sites for hydroxylation is 1. The first-order valence-electron chi connectivity index (χ1n) is 11.6. The maximum atomic E-state index is 6.05. The SMILES string of the molecule is Cc1cccc(-n2c3c(c4ccc(-c5ccc6oc7ccccc7c6c5)cc42)C=CCC3)c1. The van der Waals surface area contributed by atoms with Crippen molar-refractivity contribution < 1.29 is 4.42 Å². The molecule has 1 aliphatic rings. The Morgan fingerprint density at radius 3 is 2.52 bits per heavy atom. The number of allylic oxidation sites excluding steroid dienone is 1. The van der Waals surface area contributed by atoms with Crippen LogP contribution in [-0.4, -0.2) is 4.57 Å². The average Bonchev–Trinajstić information content (AvgIpc) is 3.39. The van der Waals surface area contributed by atoms with Gasteiger partial charge in [-0.3, -0.25) is 0 Å². The first-order valence-corrected chi connectivity index (χ1v) is 11.6. The minimum atomic E-state index is 0.935. The van der Waals surface area contributed by atoms with Crippen LogP contribution in [0.15, 0.2) is 95.4 Å². The van der Waals surface area contributed by atoms with Crippen LogP contribution < -0.4 is 0 Å². The molecule has 158 valence electrons. The fourth-order valence-corrected chi connectivity index (χ4v) is 5.37. The molecule has 2 nitrogen and oxygen atoms in total. The lowest BCUT2D eigenvalue weighted by Gasteiger charge is -2.14. The number of hydrogen-bond donors (Lipinski definition) is 0. The normalized spacial score (nSPS) is 13.2. The molecule has 0 bridgehead atoms. The van der Waals surface area contributed by atoms with Crippen molar-refractivity contribution in [3.63, 3.8) is 0 Å². The molecule has 0 fully saturated rings. The molecule has 0 saturated heterocycles. The van der Waals surface area contributed by atoms with Gasteiger partial charge in [0.05, 0.1) is 5.52 Å². The Kier molecular flexibility index (Phi) is 3.92. The highest BCUT2D eigenvalue weighted by Gasteiger charge is 2.19. The van der Waals surface area contributed by atoms with Crippen LogP contribution in [-0.2, 0) is 6.42 Å². The first kappa shape index (κ1) is 18.5. The summed E-state index contributed by atoms with van der Waals surface area (Å²) in [5.41, 5.74) is 10.9. The summed E-state index contributed by atoms with van der Waals surface area (Å²) in [7, 11) is 0. The van der Waals surface area contributed by atoms with E-state index >= 15 is 0 Å². The lowest BCUT2D eigenvalue weighted by Crippen LogP contribution is -2.03. The second-order valence-corrected chi connectivity index (χ2v) is 9.02. The third kappa shape index (κ3) is 2.81. The summed E-state index contributed by atoms with van der Waals surface area (Å²) in [5, 5.41) is 3.65. The molecule has 0 amide bonds. The molecule has 2 heteroatoms. The Hall–Kier alpha value is -4.04. The first-order chi connectivity index (χ1) is 16.3. The van der Waals surface area contributed by atoms with Crippen LogP contribution >= 0.6 is 0 Å². The number of rotatable bonds is 2. The molecule has 0 spiro atoms. The Balaban J connectivity index is 1.48. The number of benzene rings is 4. The van der Waals surface area contributed by atoms with Crippen molar-refractivity contribution in [1.29, 1.82) is 0 Å². The van der Waals surface area contributed by atoms with E-state index in [4.69, 9.17) is 4.42 Å². The number of hydrogen-bond acceptors (Lipinski definition) is 1. The molecular formula is C31H23NO. The number of aromatic nitrogens is 1. The number of nitrogens with zero attached hydrogens (tertiary/aromatic N) is 1. The molecule has 0 aliphatic heterocycles. The van der Waals surface area contributed by atoms with Crippen LogP contribution in [0, 0.1) is 6.92 Å². The fourth-order valence-electron chi connectivity index (χ4n) is 5.37. The maximum absolute atomic E-state index is 6.05. The summed E-state index contributed by atoms with van der Waals surface area (Å²) >= 11 is 0. The van der Waals surface area contributed by atoms with E-state index in [1.165, 1.54) is 55.3 Å². The Morgan fingerprint density at radius 1 is 0.727 bits per heavy atom. The van der Waals surface area contributed by atoms with Crippen LogP contribution in [0.1, 0.15) is 23.2 Å². The third-order valence-electron chi connectivity index (χ3n) is 6.91. The average molecular weight is 426 g/mol. The topological polar surface area (TPSA) is 18.1 Å². The molecule has 2 heterocycles. The van der Waals surface area contributed by atoms with Gasteiger partial charge < -0.3 is 8.98 Å². The van der Waals surface area contributed by atoms with Crippen LogP contribution in [0.3, 0.4) is 0 Å². The van der Waals surface area contributed by atoms with Gasteiger partial charge in [0.15, 0.2) is 0 Å². The van der Waals surface area contributed by atoms with Gasteiger partial charge in [-0.05, 0) is 72.9 Å². The summed E-state index contributed by atoms with van der Waals surface area (Å²) in [6.07, 6.45) is 6.76. The van der Waals surface area contributed by atoms with E-state index < -0.39 is 0 Å². The number of fused-ring (bicyclic) bond motifs is 6. The van der Waals surface area contributed by atoms with Gasteiger partial charge in [0, 0.05) is 33.1 Å². The van der Waals surface area contributed by atoms with Crippen molar-refractivity contribution in [2.45, 2.75) is 19.8 Å². The number of para-hydroxylation sites is 1. The van der Waals surface area contributed by atoms with Crippen molar-refractivity contribution >= 4 is 38.9 Å². The van der Waals surface area contributed by atoms with E-state index in [9.17, 15) is 0 Å². The molecular weight excluding hydrogens is 402 g/mol. The van der Waals surface area contributed by atoms with Crippen LogP contribution in [0.4, 0.5) is 0 Å². The fraction of sp³-hybridized carbons (Fsp3) is 0.0968. The zero-order valence-corrected chi connectivity index (χ0v) is 18.5. The van der Waals surface area contributed by atoms with Gasteiger partial charge in [0.2, 0.25) is 0 Å². The largest absolute Gasteiger partial charge is 0.456 e. The second kappa shape index (κ2) is 6.98. The van der Waals surface area contributed by atoms with E-state index in [1.807, 2.05) is 12.1 Å². The Morgan fingerprint density at radius 2 is 1.58 bits per heavy atom. The molecule has 33 heavy (non-hydrogen) atoms. The van der Waals surface area contributed by atoms with Crippen LogP contribution in [0.5, 0.6) is 0 Å². The van der Waals surface area contributed by atoms with Gasteiger partial charge in [0.25, 0.3) is 0 Å². The minimum absolute atomic E-state index is 0.935. The van der Waals surface area contributed by atoms with E-state index in [2.05, 4.69) is 96.4 Å². The van der Waals surface area contributed by atoms with E-state index in [-0.39, 0.29) is 0 Å². The molecule has 0 radical (unpaired) electrons. The molecule has 4 aromatic carbocycles. The van der Waals surface area contributed by atoms with E-state index in [0.717, 1.165) is 24.0 Å². The van der Waals surface area contributed by atoms with Gasteiger partial charge in [-0.1, -0.05) is 60.7 Å². The second-order valence-electron chi connectivity index (χ2n) is 9.02. The van der Waals surface area contributed by atoms with Crippen LogP contribution in [0.25, 0.3) is 55.7 Å². The van der Waals surface area contributed by atoms with Crippen molar-refractivity contribution in [2.75, 3.05) is 0 Å². The molecule has 1 aliphatic carbocycles. The molecule has 7 rings (SSSR count). The predicted octanol–water partition coefficient (Wildman–Crippen LogP) is 8.46. The van der Waals surface area contributed by atoms with Crippen molar-refractivity contribution in [3.8, 4) is 16.8 Å². The quantitative estimate of drug-likeness (QED) is 0.272. The highest BCUT2D eigenvalue weighted by atomic mass is 16.3. The van der Waals surface area contributed by atoms with Gasteiger partial charge in [-0.15, -0.1) is 0 Å². The third-order valence-corrected chi connectivity index (χ3v) is 6.91. The molecule has 6 aromatic rings. The zero-order valence-electron chi connectivity index (χ0n) is 18.5.